The lowest BCUT2D eigenvalue weighted by molar-refractivity contribution is 0.0136. The molecule has 3 aromatic rings. The van der Waals surface area contributed by atoms with Crippen LogP contribution in [0.2, 0.25) is 0 Å². The first-order valence-corrected chi connectivity index (χ1v) is 12.8. The Kier molecular flexibility index (Phi) is 6.48. The van der Waals surface area contributed by atoms with Gasteiger partial charge >= 0.3 is 0 Å². The number of nitrogens with one attached hydrogen (secondary N) is 2. The molecule has 9 heteroatoms. The SMILES string of the molecule is O=C(c1cc2cc(Nc3nccc(C4=CCCC=N4)n3)ccc2[nH]1)N1CCN(C2CCOCC2)CC1. The molecular weight excluding hydrogens is 454 g/mol. The highest BCUT2D eigenvalue weighted by Crippen LogP contribution is 2.25. The molecule has 2 saturated heterocycles. The number of allylic oxidation sites excluding steroid dienone is 1. The van der Waals surface area contributed by atoms with E-state index in [0.717, 1.165) is 93.1 Å². The summed E-state index contributed by atoms with van der Waals surface area (Å²) in [4.78, 5) is 34.4. The molecule has 6 rings (SSSR count). The lowest BCUT2D eigenvalue weighted by Crippen LogP contribution is -2.53. The molecule has 5 heterocycles. The minimum atomic E-state index is 0.0599. The molecule has 2 N–H and O–H groups in total. The number of hydrogen-bond donors (Lipinski definition) is 2. The molecule has 36 heavy (non-hydrogen) atoms. The van der Waals surface area contributed by atoms with E-state index < -0.39 is 0 Å². The maximum absolute atomic E-state index is 13.2. The zero-order chi connectivity index (χ0) is 24.3. The number of carbonyl (C=O) groups is 1. The highest BCUT2D eigenvalue weighted by atomic mass is 16.5. The van der Waals surface area contributed by atoms with Crippen molar-refractivity contribution in [2.45, 2.75) is 31.7 Å². The van der Waals surface area contributed by atoms with E-state index >= 15 is 0 Å². The number of nitrogens with zero attached hydrogens (tertiary/aromatic N) is 5. The van der Waals surface area contributed by atoms with E-state index in [2.05, 4.69) is 36.2 Å². The van der Waals surface area contributed by atoms with Crippen molar-refractivity contribution in [3.63, 3.8) is 0 Å². The standard InChI is InChI=1S/C27H31N7O2/c35-26(34-13-11-33(12-14-34)21-7-15-36-16-8-21)25-18-19-17-20(4-5-22(19)31-25)30-27-29-10-6-24(32-27)23-3-1-2-9-28-23/h3-6,9-10,17-18,21,31H,1-2,7-8,11-16H2,(H,29,30,32). The Labute approximate surface area is 210 Å². The average molecular weight is 486 g/mol. The molecule has 0 atom stereocenters. The third kappa shape index (κ3) is 4.89. The van der Waals surface area contributed by atoms with E-state index in [1.54, 1.807) is 6.20 Å². The number of benzene rings is 1. The summed E-state index contributed by atoms with van der Waals surface area (Å²) >= 11 is 0. The molecule has 1 aromatic carbocycles. The Morgan fingerprint density at radius 3 is 2.72 bits per heavy atom. The molecule has 0 unspecified atom stereocenters. The van der Waals surface area contributed by atoms with E-state index in [9.17, 15) is 4.79 Å². The molecule has 0 saturated carbocycles. The van der Waals surface area contributed by atoms with Crippen LogP contribution in [0.4, 0.5) is 11.6 Å². The van der Waals surface area contributed by atoms with E-state index in [1.807, 2.05) is 41.4 Å². The van der Waals surface area contributed by atoms with E-state index in [1.165, 1.54) is 0 Å². The summed E-state index contributed by atoms with van der Waals surface area (Å²) in [7, 11) is 0. The quantitative estimate of drug-likeness (QED) is 0.570. The topological polar surface area (TPSA) is 98.7 Å². The number of anilines is 2. The normalized spacial score (nSPS) is 19.4. The molecule has 0 aliphatic carbocycles. The minimum absolute atomic E-state index is 0.0599. The van der Waals surface area contributed by atoms with Gasteiger partial charge in [0, 0.05) is 74.4 Å². The molecule has 2 aromatic heterocycles. The van der Waals surface area contributed by atoms with Gasteiger partial charge in [-0.15, -0.1) is 0 Å². The van der Waals surface area contributed by atoms with Gasteiger partial charge in [0.25, 0.3) is 5.91 Å². The second kappa shape index (κ2) is 10.2. The number of piperazine rings is 1. The van der Waals surface area contributed by atoms with Crippen molar-refractivity contribution >= 4 is 40.4 Å². The summed E-state index contributed by atoms with van der Waals surface area (Å²) in [5.74, 6) is 0.576. The van der Waals surface area contributed by atoms with E-state index in [4.69, 9.17) is 4.74 Å². The maximum Gasteiger partial charge on any atom is 0.270 e. The molecule has 0 spiro atoms. The van der Waals surface area contributed by atoms with Crippen LogP contribution < -0.4 is 5.32 Å². The number of ether oxygens (including phenoxy) is 1. The Morgan fingerprint density at radius 2 is 1.92 bits per heavy atom. The van der Waals surface area contributed by atoms with Gasteiger partial charge in [-0.1, -0.05) is 6.08 Å². The van der Waals surface area contributed by atoms with Crippen molar-refractivity contribution in [3.8, 4) is 0 Å². The van der Waals surface area contributed by atoms with Crippen molar-refractivity contribution in [1.29, 1.82) is 0 Å². The molecule has 9 nitrogen and oxygen atoms in total. The fourth-order valence-electron chi connectivity index (χ4n) is 5.21. The number of fused-ring (bicyclic) bond motifs is 1. The largest absolute Gasteiger partial charge is 0.381 e. The summed E-state index contributed by atoms with van der Waals surface area (Å²) in [6, 6.07) is 10.4. The number of carbonyl (C=O) groups excluding carboxylic acids is 1. The molecule has 0 bridgehead atoms. The average Bonchev–Trinajstić information content (AvgIpc) is 3.37. The molecule has 186 valence electrons. The molecule has 3 aliphatic heterocycles. The molecule has 0 radical (unpaired) electrons. The Balaban J connectivity index is 1.12. The van der Waals surface area contributed by atoms with Gasteiger partial charge < -0.3 is 19.9 Å². The van der Waals surface area contributed by atoms with Crippen LogP contribution in [0.5, 0.6) is 0 Å². The predicted octanol–water partition coefficient (Wildman–Crippen LogP) is 3.84. The van der Waals surface area contributed by atoms with Crippen molar-refractivity contribution in [1.82, 2.24) is 24.8 Å². The molecule has 1 amide bonds. The van der Waals surface area contributed by atoms with Crippen LogP contribution in [0.25, 0.3) is 16.6 Å². The van der Waals surface area contributed by atoms with Gasteiger partial charge in [0.05, 0.1) is 11.4 Å². The van der Waals surface area contributed by atoms with Crippen LogP contribution in [0.3, 0.4) is 0 Å². The minimum Gasteiger partial charge on any atom is -0.381 e. The van der Waals surface area contributed by atoms with Gasteiger partial charge in [0.15, 0.2) is 0 Å². The van der Waals surface area contributed by atoms with Crippen molar-refractivity contribution < 1.29 is 9.53 Å². The number of aromatic amines is 1. The first-order chi connectivity index (χ1) is 17.7. The first-order valence-electron chi connectivity index (χ1n) is 12.8. The second-order valence-electron chi connectivity index (χ2n) is 9.53. The monoisotopic (exact) mass is 485 g/mol. The van der Waals surface area contributed by atoms with E-state index in [-0.39, 0.29) is 5.91 Å². The maximum atomic E-state index is 13.2. The summed E-state index contributed by atoms with van der Waals surface area (Å²) in [6.07, 6.45) is 9.89. The molecular formula is C27H31N7O2. The van der Waals surface area contributed by atoms with Crippen LogP contribution in [0.15, 0.2) is 47.6 Å². The summed E-state index contributed by atoms with van der Waals surface area (Å²) < 4.78 is 5.49. The number of H-pyrrole nitrogens is 1. The Hall–Kier alpha value is -3.56. The Morgan fingerprint density at radius 1 is 1.06 bits per heavy atom. The van der Waals surface area contributed by atoms with Crippen LogP contribution in [-0.2, 0) is 4.74 Å². The lowest BCUT2D eigenvalue weighted by Gasteiger charge is -2.40. The number of aliphatic imine (C=N–C) groups is 1. The number of amides is 1. The number of hydrogen-bond acceptors (Lipinski definition) is 7. The number of aromatic nitrogens is 3. The third-order valence-corrected chi connectivity index (χ3v) is 7.20. The van der Waals surface area contributed by atoms with Crippen molar-refractivity contribution in [3.05, 3.63) is 54.0 Å². The van der Waals surface area contributed by atoms with Gasteiger partial charge in [0.2, 0.25) is 5.95 Å². The second-order valence-corrected chi connectivity index (χ2v) is 9.53. The fourth-order valence-corrected chi connectivity index (χ4v) is 5.21. The van der Waals surface area contributed by atoms with Crippen LogP contribution in [-0.4, -0.2) is 82.3 Å². The smallest absolute Gasteiger partial charge is 0.270 e. The van der Waals surface area contributed by atoms with Crippen LogP contribution in [0, 0.1) is 0 Å². The zero-order valence-corrected chi connectivity index (χ0v) is 20.3. The highest BCUT2D eigenvalue weighted by molar-refractivity contribution is 5.98. The van der Waals surface area contributed by atoms with E-state index in [0.29, 0.717) is 17.7 Å². The van der Waals surface area contributed by atoms with Crippen LogP contribution >= 0.6 is 0 Å². The first kappa shape index (κ1) is 22.9. The predicted molar refractivity (Wildman–Crippen MR) is 141 cm³/mol. The molecule has 3 aliphatic rings. The highest BCUT2D eigenvalue weighted by Gasteiger charge is 2.28. The fraction of sp³-hybridized carbons (Fsp3) is 0.407. The van der Waals surface area contributed by atoms with Crippen LogP contribution in [0.1, 0.15) is 41.9 Å². The summed E-state index contributed by atoms with van der Waals surface area (Å²) in [5.41, 5.74) is 4.10. The van der Waals surface area contributed by atoms with Gasteiger partial charge in [-0.2, -0.15) is 0 Å². The zero-order valence-electron chi connectivity index (χ0n) is 20.3. The van der Waals surface area contributed by atoms with Crippen molar-refractivity contribution in [2.75, 3.05) is 44.7 Å². The summed E-state index contributed by atoms with van der Waals surface area (Å²) in [5, 5.41) is 4.26. The number of rotatable bonds is 5. The van der Waals surface area contributed by atoms with Crippen molar-refractivity contribution in [2.24, 2.45) is 4.99 Å². The summed E-state index contributed by atoms with van der Waals surface area (Å²) in [6.45, 7) is 5.05. The van der Waals surface area contributed by atoms with Gasteiger partial charge in [-0.05, 0) is 56.0 Å². The lowest BCUT2D eigenvalue weighted by atomic mass is 10.1. The van der Waals surface area contributed by atoms with Gasteiger partial charge in [-0.25, -0.2) is 9.97 Å². The molecule has 2 fully saturated rings. The Bertz CT molecular complexity index is 1300. The van der Waals surface area contributed by atoms with Gasteiger partial charge in [-0.3, -0.25) is 14.7 Å². The van der Waals surface area contributed by atoms with Gasteiger partial charge in [0.1, 0.15) is 5.69 Å². The third-order valence-electron chi connectivity index (χ3n) is 7.20.